The predicted octanol–water partition coefficient (Wildman–Crippen LogP) is 0.604. The summed E-state index contributed by atoms with van der Waals surface area (Å²) in [5, 5.41) is 12.0. The van der Waals surface area contributed by atoms with E-state index in [4.69, 9.17) is 4.74 Å². The number of rotatable bonds is 7. The van der Waals surface area contributed by atoms with Crippen molar-refractivity contribution >= 4 is 23.2 Å². The molecule has 0 unspecified atom stereocenters. The van der Waals surface area contributed by atoms with Gasteiger partial charge in [0.1, 0.15) is 0 Å². The first-order chi connectivity index (χ1) is 11.7. The molecule has 24 heavy (non-hydrogen) atoms. The Morgan fingerprint density at radius 3 is 3.12 bits per heavy atom. The first-order valence-electron chi connectivity index (χ1n) is 7.81. The van der Waals surface area contributed by atoms with Gasteiger partial charge in [-0.1, -0.05) is 6.07 Å². The maximum atomic E-state index is 12.2. The van der Waals surface area contributed by atoms with Gasteiger partial charge >= 0.3 is 0 Å². The molecule has 0 saturated heterocycles. The molecule has 1 aliphatic heterocycles. The Hall–Kier alpha value is -2.19. The van der Waals surface area contributed by atoms with Gasteiger partial charge in [0, 0.05) is 25.0 Å². The van der Waals surface area contributed by atoms with Crippen molar-refractivity contribution in [1.29, 1.82) is 0 Å². The van der Waals surface area contributed by atoms with Crippen LogP contribution in [-0.2, 0) is 28.9 Å². The molecule has 1 aliphatic rings. The van der Waals surface area contributed by atoms with Crippen LogP contribution in [0.3, 0.4) is 0 Å². The minimum absolute atomic E-state index is 0.000649. The van der Waals surface area contributed by atoms with E-state index in [9.17, 15) is 9.59 Å². The third kappa shape index (κ3) is 3.82. The molecular weight excluding hydrogens is 328 g/mol. The van der Waals surface area contributed by atoms with Gasteiger partial charge in [-0.2, -0.15) is 5.10 Å². The summed E-state index contributed by atoms with van der Waals surface area (Å²) in [6.45, 7) is 1.52. The van der Waals surface area contributed by atoms with Gasteiger partial charge in [0.05, 0.1) is 43.1 Å². The fourth-order valence-corrected chi connectivity index (χ4v) is 3.49. The minimum Gasteiger partial charge on any atom is -0.383 e. The van der Waals surface area contributed by atoms with E-state index in [1.807, 2.05) is 17.5 Å². The van der Waals surface area contributed by atoms with E-state index in [0.717, 1.165) is 10.6 Å². The Morgan fingerprint density at radius 2 is 2.38 bits per heavy atom. The zero-order valence-corrected chi connectivity index (χ0v) is 14.3. The maximum Gasteiger partial charge on any atom is 0.254 e. The molecule has 0 bridgehead atoms. The molecule has 0 aromatic carbocycles. The molecule has 3 rings (SSSR count). The van der Waals surface area contributed by atoms with Crippen molar-refractivity contribution in [1.82, 2.24) is 20.4 Å². The van der Waals surface area contributed by atoms with E-state index in [1.54, 1.807) is 29.3 Å². The number of carbonyl (C=O) groups excluding carboxylic acids is 2. The van der Waals surface area contributed by atoms with E-state index in [-0.39, 0.29) is 17.9 Å². The summed E-state index contributed by atoms with van der Waals surface area (Å²) < 4.78 is 6.72. The number of amides is 2. The molecule has 0 fully saturated rings. The second-order valence-electron chi connectivity index (χ2n) is 5.66. The lowest BCUT2D eigenvalue weighted by Gasteiger charge is -2.11. The molecule has 2 aromatic rings. The number of thiophene rings is 1. The van der Waals surface area contributed by atoms with Crippen molar-refractivity contribution in [3.05, 3.63) is 39.8 Å². The van der Waals surface area contributed by atoms with Crippen LogP contribution in [0.15, 0.2) is 23.7 Å². The Morgan fingerprint density at radius 1 is 1.50 bits per heavy atom. The Kier molecular flexibility index (Phi) is 5.27. The summed E-state index contributed by atoms with van der Waals surface area (Å²) in [4.78, 5) is 25.3. The summed E-state index contributed by atoms with van der Waals surface area (Å²) in [6, 6.07) is 3.87. The average Bonchev–Trinajstić information content (AvgIpc) is 3.24. The van der Waals surface area contributed by atoms with Crippen LogP contribution in [0.4, 0.5) is 0 Å². The smallest absolute Gasteiger partial charge is 0.254 e. The highest BCUT2D eigenvalue weighted by molar-refractivity contribution is 7.10. The Balaban J connectivity index is 1.55. The van der Waals surface area contributed by atoms with Gasteiger partial charge in [0.25, 0.3) is 5.91 Å². The topological polar surface area (TPSA) is 85.2 Å². The van der Waals surface area contributed by atoms with Crippen molar-refractivity contribution in [3.8, 4) is 0 Å². The number of fused-ring (bicyclic) bond motifs is 1. The molecule has 2 amide bonds. The zero-order chi connectivity index (χ0) is 16.9. The van der Waals surface area contributed by atoms with Gasteiger partial charge in [-0.3, -0.25) is 14.3 Å². The van der Waals surface area contributed by atoms with E-state index in [1.165, 1.54) is 0 Å². The molecule has 128 valence electrons. The van der Waals surface area contributed by atoms with Crippen molar-refractivity contribution in [2.45, 2.75) is 25.4 Å². The molecule has 8 heteroatoms. The molecule has 0 aliphatic carbocycles. The SMILES string of the molecule is COCCNC(=O)c1cnn2c1C[C@H](NC(=O)Cc1cccs1)C2. The van der Waals surface area contributed by atoms with Gasteiger partial charge in [0.15, 0.2) is 0 Å². The summed E-state index contributed by atoms with van der Waals surface area (Å²) in [7, 11) is 1.59. The van der Waals surface area contributed by atoms with Crippen LogP contribution in [0.2, 0.25) is 0 Å². The van der Waals surface area contributed by atoms with Gasteiger partial charge in [-0.05, 0) is 11.4 Å². The van der Waals surface area contributed by atoms with Crippen LogP contribution in [0.25, 0.3) is 0 Å². The van der Waals surface area contributed by atoms with Crippen molar-refractivity contribution < 1.29 is 14.3 Å². The average molecular weight is 348 g/mol. The zero-order valence-electron chi connectivity index (χ0n) is 13.4. The van der Waals surface area contributed by atoms with Gasteiger partial charge in [0.2, 0.25) is 5.91 Å². The van der Waals surface area contributed by atoms with Gasteiger partial charge in [-0.15, -0.1) is 11.3 Å². The number of carbonyl (C=O) groups is 2. The van der Waals surface area contributed by atoms with Gasteiger partial charge < -0.3 is 15.4 Å². The first-order valence-corrected chi connectivity index (χ1v) is 8.69. The third-order valence-electron chi connectivity index (χ3n) is 3.90. The number of aromatic nitrogens is 2. The molecule has 0 spiro atoms. The lowest BCUT2D eigenvalue weighted by Crippen LogP contribution is -2.37. The van der Waals surface area contributed by atoms with Crippen LogP contribution < -0.4 is 10.6 Å². The number of hydrogen-bond acceptors (Lipinski definition) is 5. The molecule has 0 radical (unpaired) electrons. The van der Waals surface area contributed by atoms with Crippen molar-refractivity contribution in [2.75, 3.05) is 20.3 Å². The summed E-state index contributed by atoms with van der Waals surface area (Å²) in [6.07, 6.45) is 2.59. The largest absolute Gasteiger partial charge is 0.383 e. The lowest BCUT2D eigenvalue weighted by atomic mass is 10.1. The first kappa shape index (κ1) is 16.7. The van der Waals surface area contributed by atoms with E-state index >= 15 is 0 Å². The van der Waals surface area contributed by atoms with Gasteiger partial charge in [-0.25, -0.2) is 0 Å². The second-order valence-corrected chi connectivity index (χ2v) is 6.69. The molecule has 2 aromatic heterocycles. The molecule has 1 atom stereocenters. The number of nitrogens with zero attached hydrogens (tertiary/aromatic N) is 2. The molecular formula is C16H20N4O3S. The van der Waals surface area contributed by atoms with Crippen molar-refractivity contribution in [3.63, 3.8) is 0 Å². The quantitative estimate of drug-likeness (QED) is 0.718. The van der Waals surface area contributed by atoms with E-state index < -0.39 is 0 Å². The summed E-state index contributed by atoms with van der Waals surface area (Å²) in [5.74, 6) is -0.154. The van der Waals surface area contributed by atoms with Crippen LogP contribution in [0, 0.1) is 0 Å². The van der Waals surface area contributed by atoms with Crippen LogP contribution in [0.5, 0.6) is 0 Å². The van der Waals surface area contributed by atoms with Crippen molar-refractivity contribution in [2.24, 2.45) is 0 Å². The third-order valence-corrected chi connectivity index (χ3v) is 4.77. The Bertz CT molecular complexity index is 711. The van der Waals surface area contributed by atoms with E-state index in [0.29, 0.717) is 38.1 Å². The van der Waals surface area contributed by atoms with E-state index in [2.05, 4.69) is 15.7 Å². The van der Waals surface area contributed by atoms with Crippen LogP contribution in [-0.4, -0.2) is 47.9 Å². The molecule has 7 nitrogen and oxygen atoms in total. The molecule has 3 heterocycles. The fourth-order valence-electron chi connectivity index (χ4n) is 2.79. The highest BCUT2D eigenvalue weighted by Gasteiger charge is 2.28. The molecule has 0 saturated carbocycles. The second kappa shape index (κ2) is 7.59. The number of nitrogens with one attached hydrogen (secondary N) is 2. The van der Waals surface area contributed by atoms with Crippen LogP contribution >= 0.6 is 11.3 Å². The summed E-state index contributed by atoms with van der Waals surface area (Å²) in [5.41, 5.74) is 1.44. The predicted molar refractivity (Wildman–Crippen MR) is 90.1 cm³/mol. The minimum atomic E-state index is -0.154. The van der Waals surface area contributed by atoms with Crippen LogP contribution in [0.1, 0.15) is 20.9 Å². The lowest BCUT2D eigenvalue weighted by molar-refractivity contribution is -0.121. The number of methoxy groups -OCH3 is 1. The monoisotopic (exact) mass is 348 g/mol. The normalized spacial score (nSPS) is 16.0. The summed E-state index contributed by atoms with van der Waals surface area (Å²) >= 11 is 1.57. The maximum absolute atomic E-state index is 12.2. The Labute approximate surface area is 144 Å². The highest BCUT2D eigenvalue weighted by Crippen LogP contribution is 2.19. The molecule has 2 N–H and O–H groups in total. The number of ether oxygens (including phenoxy) is 1. The highest BCUT2D eigenvalue weighted by atomic mass is 32.1. The number of hydrogen-bond donors (Lipinski definition) is 2. The fraction of sp³-hybridized carbons (Fsp3) is 0.438. The standard InChI is InChI=1S/C16H20N4O3S/c1-23-5-4-17-16(22)13-9-18-20-10-11(7-14(13)20)19-15(21)8-12-3-2-6-24-12/h2-3,6,9,11H,4-5,7-8,10H2,1H3,(H,17,22)(H,19,21)/t11-/m0/s1.